The summed E-state index contributed by atoms with van der Waals surface area (Å²) in [5.74, 6) is -2.79. The summed E-state index contributed by atoms with van der Waals surface area (Å²) in [6, 6.07) is 0.376. The molecule has 1 aromatic rings. The summed E-state index contributed by atoms with van der Waals surface area (Å²) >= 11 is 0. The molecule has 0 heterocycles. The minimum atomic E-state index is -4.47. The van der Waals surface area contributed by atoms with E-state index < -0.39 is 37.3 Å². The molecule has 0 saturated carbocycles. The van der Waals surface area contributed by atoms with Gasteiger partial charge in [0.2, 0.25) is 0 Å². The van der Waals surface area contributed by atoms with Gasteiger partial charge < -0.3 is 25.7 Å². The average Bonchev–Trinajstić information content (AvgIpc) is 2.22. The fraction of sp³-hybridized carbons (Fsp3) is 0.300. The van der Waals surface area contributed by atoms with E-state index in [-0.39, 0.29) is 17.5 Å². The molecule has 19 heavy (non-hydrogen) atoms. The summed E-state index contributed by atoms with van der Waals surface area (Å²) in [5.41, 5.74) is 4.98. The van der Waals surface area contributed by atoms with Gasteiger partial charge >= 0.3 is 13.6 Å². The number of phenolic OH excluding ortho intramolecular Hbond substituents is 1. The van der Waals surface area contributed by atoms with Crippen molar-refractivity contribution < 1.29 is 33.7 Å². The zero-order valence-electron chi connectivity index (χ0n) is 9.65. The van der Waals surface area contributed by atoms with Crippen LogP contribution < -0.4 is 5.73 Å². The third kappa shape index (κ3) is 4.60. The Morgan fingerprint density at radius 2 is 1.95 bits per heavy atom. The number of hydrogen-bond donors (Lipinski definition) is 5. The van der Waals surface area contributed by atoms with Gasteiger partial charge in [-0.3, -0.25) is 9.36 Å². The summed E-state index contributed by atoms with van der Waals surface area (Å²) in [5, 5.41) is 18.1. The van der Waals surface area contributed by atoms with Crippen molar-refractivity contribution in [3.63, 3.8) is 0 Å². The number of carboxylic acid groups (broad SMARTS) is 1. The molecule has 0 unspecified atom stereocenters. The van der Waals surface area contributed by atoms with E-state index in [0.717, 1.165) is 6.07 Å². The second-order valence-corrected chi connectivity index (χ2v) is 5.69. The predicted molar refractivity (Wildman–Crippen MR) is 63.1 cm³/mol. The predicted octanol–water partition coefficient (Wildman–Crippen LogP) is 0.163. The number of halogens is 1. The quantitative estimate of drug-likeness (QED) is 0.487. The van der Waals surface area contributed by atoms with Crippen LogP contribution in [0.1, 0.15) is 11.1 Å². The molecule has 0 spiro atoms. The topological polar surface area (TPSA) is 141 Å². The molecule has 0 aliphatic carbocycles. The average molecular weight is 293 g/mol. The van der Waals surface area contributed by atoms with Crippen molar-refractivity contribution >= 4 is 13.6 Å². The van der Waals surface area contributed by atoms with Crippen molar-refractivity contribution in [3.8, 4) is 5.75 Å². The largest absolute Gasteiger partial charge is 0.508 e. The summed E-state index contributed by atoms with van der Waals surface area (Å²) in [4.78, 5) is 28.2. The second-order valence-electron chi connectivity index (χ2n) is 4.04. The highest BCUT2D eigenvalue weighted by Crippen LogP contribution is 2.40. The minimum Gasteiger partial charge on any atom is -0.508 e. The Kier molecular flexibility index (Phi) is 4.65. The smallest absolute Gasteiger partial charge is 0.330 e. The molecule has 6 N–H and O–H groups in total. The van der Waals surface area contributed by atoms with E-state index in [1.54, 1.807) is 0 Å². The molecule has 0 amide bonds. The molecule has 0 saturated heterocycles. The number of phenols is 1. The summed E-state index contributed by atoms with van der Waals surface area (Å²) < 4.78 is 24.2. The zero-order chi connectivity index (χ0) is 14.8. The lowest BCUT2D eigenvalue weighted by atomic mass is 10.0. The van der Waals surface area contributed by atoms with Crippen LogP contribution in [0.25, 0.3) is 0 Å². The van der Waals surface area contributed by atoms with E-state index in [1.165, 1.54) is 0 Å². The van der Waals surface area contributed by atoms with Gasteiger partial charge in [-0.2, -0.15) is 0 Å². The molecule has 106 valence electrons. The van der Waals surface area contributed by atoms with Gasteiger partial charge in [0.1, 0.15) is 17.6 Å². The molecular weight excluding hydrogens is 280 g/mol. The van der Waals surface area contributed by atoms with Crippen molar-refractivity contribution in [2.24, 2.45) is 5.73 Å². The van der Waals surface area contributed by atoms with E-state index in [1.807, 2.05) is 0 Å². The van der Waals surface area contributed by atoms with Crippen molar-refractivity contribution in [1.82, 2.24) is 0 Å². The molecule has 1 atom stereocenters. The minimum absolute atomic E-state index is 0.0137. The summed E-state index contributed by atoms with van der Waals surface area (Å²) in [7, 11) is -4.47. The lowest BCUT2D eigenvalue weighted by Crippen LogP contribution is -2.32. The molecule has 0 bridgehead atoms. The second kappa shape index (κ2) is 5.66. The Labute approximate surface area is 107 Å². The van der Waals surface area contributed by atoms with Crippen LogP contribution in [-0.4, -0.2) is 32.0 Å². The van der Waals surface area contributed by atoms with Crippen LogP contribution in [0.15, 0.2) is 12.1 Å². The number of carbonyl (C=O) groups is 1. The Balaban J connectivity index is 3.09. The van der Waals surface area contributed by atoms with Gasteiger partial charge in [0.15, 0.2) is 0 Å². The van der Waals surface area contributed by atoms with Crippen molar-refractivity contribution in [1.29, 1.82) is 0 Å². The summed E-state index contributed by atoms with van der Waals surface area (Å²) in [6.07, 6.45) is -1.12. The number of nitrogens with two attached hydrogens (primary N) is 1. The zero-order valence-corrected chi connectivity index (χ0v) is 10.5. The van der Waals surface area contributed by atoms with Crippen LogP contribution in [0, 0.1) is 5.82 Å². The standard InChI is InChI=1S/C10H13FNO6P/c11-7-3-9(13)5(2-8(12)10(14)15)1-6(7)4-19(16,17)18/h1,3,8,13H,2,4,12H2,(H,14,15)(H2,16,17,18)/t8-/m0/s1. The first kappa shape index (κ1) is 15.6. The Morgan fingerprint density at radius 1 is 1.37 bits per heavy atom. The van der Waals surface area contributed by atoms with E-state index in [0.29, 0.717) is 6.07 Å². The third-order valence-electron chi connectivity index (χ3n) is 2.38. The van der Waals surface area contributed by atoms with Gasteiger partial charge in [0.25, 0.3) is 0 Å². The Hall–Kier alpha value is -1.47. The van der Waals surface area contributed by atoms with Gasteiger partial charge in [-0.15, -0.1) is 0 Å². The molecule has 0 aromatic heterocycles. The molecule has 1 aromatic carbocycles. The van der Waals surface area contributed by atoms with Crippen LogP contribution in [0.4, 0.5) is 4.39 Å². The molecule has 1 rings (SSSR count). The van der Waals surface area contributed by atoms with Crippen LogP contribution in [0.3, 0.4) is 0 Å². The molecular formula is C10H13FNO6P. The number of aromatic hydroxyl groups is 1. The summed E-state index contributed by atoms with van der Waals surface area (Å²) in [6.45, 7) is 0. The van der Waals surface area contributed by atoms with Crippen LogP contribution in [-0.2, 0) is 21.9 Å². The highest BCUT2D eigenvalue weighted by Gasteiger charge is 2.21. The SMILES string of the molecule is N[C@@H](Cc1cc(CP(=O)(O)O)c(F)cc1O)C(=O)O. The fourth-order valence-electron chi connectivity index (χ4n) is 1.49. The van der Waals surface area contributed by atoms with E-state index in [9.17, 15) is 18.9 Å². The van der Waals surface area contributed by atoms with Gasteiger partial charge in [-0.05, 0) is 11.6 Å². The molecule has 7 nitrogen and oxygen atoms in total. The molecule has 0 aliphatic heterocycles. The van der Waals surface area contributed by atoms with Crippen molar-refractivity contribution in [2.75, 3.05) is 0 Å². The van der Waals surface area contributed by atoms with E-state index in [2.05, 4.69) is 0 Å². The van der Waals surface area contributed by atoms with Crippen LogP contribution in [0.2, 0.25) is 0 Å². The number of rotatable bonds is 5. The highest BCUT2D eigenvalue weighted by molar-refractivity contribution is 7.50. The fourth-order valence-corrected chi connectivity index (χ4v) is 2.18. The number of benzene rings is 1. The van der Waals surface area contributed by atoms with E-state index in [4.69, 9.17) is 20.6 Å². The first-order valence-electron chi connectivity index (χ1n) is 5.13. The maximum atomic E-state index is 13.4. The monoisotopic (exact) mass is 293 g/mol. The van der Waals surface area contributed by atoms with Crippen LogP contribution >= 0.6 is 7.60 Å². The first-order valence-corrected chi connectivity index (χ1v) is 6.93. The van der Waals surface area contributed by atoms with E-state index >= 15 is 0 Å². The maximum Gasteiger partial charge on any atom is 0.330 e. The highest BCUT2D eigenvalue weighted by atomic mass is 31.2. The molecule has 9 heteroatoms. The van der Waals surface area contributed by atoms with Gasteiger partial charge in [0.05, 0.1) is 6.16 Å². The number of carboxylic acids is 1. The number of hydrogen-bond acceptors (Lipinski definition) is 4. The molecule has 0 aliphatic rings. The number of aliphatic carboxylic acids is 1. The van der Waals surface area contributed by atoms with Crippen molar-refractivity contribution in [3.05, 3.63) is 29.1 Å². The van der Waals surface area contributed by atoms with Gasteiger partial charge in [0, 0.05) is 18.1 Å². The normalized spacial score (nSPS) is 13.3. The van der Waals surface area contributed by atoms with Gasteiger partial charge in [-0.1, -0.05) is 0 Å². The maximum absolute atomic E-state index is 13.4. The molecule has 0 radical (unpaired) electrons. The lowest BCUT2D eigenvalue weighted by Gasteiger charge is -2.12. The Bertz CT molecular complexity index is 543. The molecule has 0 fully saturated rings. The lowest BCUT2D eigenvalue weighted by molar-refractivity contribution is -0.138. The Morgan fingerprint density at radius 3 is 2.42 bits per heavy atom. The van der Waals surface area contributed by atoms with Crippen LogP contribution in [0.5, 0.6) is 5.75 Å². The first-order chi connectivity index (χ1) is 8.60. The van der Waals surface area contributed by atoms with Crippen molar-refractivity contribution in [2.45, 2.75) is 18.6 Å². The van der Waals surface area contributed by atoms with Gasteiger partial charge in [-0.25, -0.2) is 4.39 Å². The third-order valence-corrected chi connectivity index (χ3v) is 3.13.